The van der Waals surface area contributed by atoms with Crippen molar-refractivity contribution in [2.45, 2.75) is 6.92 Å². The molecule has 3 N–H and O–H groups in total. The maximum atomic E-state index is 8.61. The van der Waals surface area contributed by atoms with Crippen molar-refractivity contribution < 1.29 is 4.52 Å². The normalized spacial score (nSPS) is 10.7. The third-order valence-electron chi connectivity index (χ3n) is 1.38. The molecule has 1 aromatic heterocycles. The van der Waals surface area contributed by atoms with E-state index in [1.165, 1.54) is 6.20 Å². The third-order valence-corrected chi connectivity index (χ3v) is 1.60. The lowest BCUT2D eigenvalue weighted by atomic mass is 10.3. The second-order valence-electron chi connectivity index (χ2n) is 2.50. The summed E-state index contributed by atoms with van der Waals surface area (Å²) in [5.74, 6) is 1.18. The summed E-state index contributed by atoms with van der Waals surface area (Å²) in [7, 11) is 0. The first-order valence-corrected chi connectivity index (χ1v) is 4.14. The van der Waals surface area contributed by atoms with Crippen LogP contribution in [0.4, 0.5) is 5.82 Å². The van der Waals surface area contributed by atoms with E-state index in [2.05, 4.69) is 22.7 Å². The molecule has 0 unspecified atom stereocenters. The largest absolute Gasteiger partial charge is 0.389 e. The fourth-order valence-electron chi connectivity index (χ4n) is 0.739. The van der Waals surface area contributed by atoms with Crippen LogP contribution >= 0.6 is 12.2 Å². The molecule has 0 spiro atoms. The van der Waals surface area contributed by atoms with Crippen molar-refractivity contribution in [3.05, 3.63) is 23.6 Å². The van der Waals surface area contributed by atoms with Crippen LogP contribution in [0.2, 0.25) is 0 Å². The average Bonchev–Trinajstić information content (AvgIpc) is 2.52. The van der Waals surface area contributed by atoms with Crippen molar-refractivity contribution in [2.75, 3.05) is 5.32 Å². The Morgan fingerprint density at radius 1 is 1.86 bits per heavy atom. The number of thiocarbonyl (C=S) groups is 1. The highest BCUT2D eigenvalue weighted by atomic mass is 32.1. The van der Waals surface area contributed by atoms with Gasteiger partial charge < -0.3 is 15.6 Å². The quantitative estimate of drug-likeness (QED) is 0.439. The summed E-state index contributed by atoms with van der Waals surface area (Å²) in [6.45, 7) is 1.76. The third kappa shape index (κ3) is 2.57. The smallest absolute Gasteiger partial charge is 0.173 e. The summed E-state index contributed by atoms with van der Waals surface area (Å²) in [5.41, 5.74) is 5.47. The van der Waals surface area contributed by atoms with E-state index in [4.69, 9.17) is 15.5 Å². The summed E-state index contributed by atoms with van der Waals surface area (Å²) in [6.07, 6.45) is 1.39. The van der Waals surface area contributed by atoms with Crippen molar-refractivity contribution in [2.24, 2.45) is 5.73 Å². The SMILES string of the molecule is Cc1cc(NC=C(C#N)C(N)=S)no1. The lowest BCUT2D eigenvalue weighted by Crippen LogP contribution is -2.11. The Hall–Kier alpha value is -1.87. The Bertz CT molecular complexity index is 415. The molecule has 1 aromatic rings. The summed E-state index contributed by atoms with van der Waals surface area (Å²) >= 11 is 4.64. The first-order chi connectivity index (χ1) is 6.63. The van der Waals surface area contributed by atoms with E-state index >= 15 is 0 Å². The highest BCUT2D eigenvalue weighted by Gasteiger charge is 2.00. The Balaban J connectivity index is 2.72. The molecule has 0 aromatic carbocycles. The van der Waals surface area contributed by atoms with Gasteiger partial charge in [0.1, 0.15) is 22.4 Å². The standard InChI is InChI=1S/C8H8N4OS/c1-5-2-7(12-13-5)11-4-6(3-9)8(10)14/h2,4H,1H3,(H2,10,14)(H,11,12). The van der Waals surface area contributed by atoms with Crippen LogP contribution in [0.5, 0.6) is 0 Å². The molecule has 0 atom stereocenters. The zero-order chi connectivity index (χ0) is 10.6. The topological polar surface area (TPSA) is 87.9 Å². The van der Waals surface area contributed by atoms with E-state index in [1.807, 2.05) is 6.07 Å². The zero-order valence-electron chi connectivity index (χ0n) is 7.44. The average molecular weight is 208 g/mol. The number of aromatic nitrogens is 1. The van der Waals surface area contributed by atoms with E-state index in [-0.39, 0.29) is 10.6 Å². The molecule has 0 radical (unpaired) electrons. The molecule has 0 saturated carbocycles. The van der Waals surface area contributed by atoms with Crippen LogP contribution in [0, 0.1) is 18.3 Å². The minimum absolute atomic E-state index is 0.0419. The molecule has 6 heteroatoms. The lowest BCUT2D eigenvalue weighted by Gasteiger charge is -1.94. The van der Waals surface area contributed by atoms with Gasteiger partial charge in [-0.05, 0) is 6.92 Å². The Morgan fingerprint density at radius 2 is 2.57 bits per heavy atom. The first kappa shape index (κ1) is 10.2. The van der Waals surface area contributed by atoms with Crippen molar-refractivity contribution in [1.82, 2.24) is 5.16 Å². The Labute approximate surface area is 86.2 Å². The van der Waals surface area contributed by atoms with E-state index in [0.29, 0.717) is 11.6 Å². The van der Waals surface area contributed by atoms with Gasteiger partial charge >= 0.3 is 0 Å². The van der Waals surface area contributed by atoms with Gasteiger partial charge in [0.25, 0.3) is 0 Å². The maximum absolute atomic E-state index is 8.61. The van der Waals surface area contributed by atoms with E-state index < -0.39 is 0 Å². The van der Waals surface area contributed by atoms with Gasteiger partial charge in [-0.1, -0.05) is 17.4 Å². The van der Waals surface area contributed by atoms with Gasteiger partial charge in [-0.2, -0.15) is 5.26 Å². The molecule has 0 bridgehead atoms. The van der Waals surface area contributed by atoms with Crippen LogP contribution in [0.25, 0.3) is 0 Å². The van der Waals surface area contributed by atoms with Crippen molar-refractivity contribution in [3.8, 4) is 6.07 Å². The molecule has 1 heterocycles. The van der Waals surface area contributed by atoms with Crippen molar-refractivity contribution in [3.63, 3.8) is 0 Å². The zero-order valence-corrected chi connectivity index (χ0v) is 8.26. The van der Waals surface area contributed by atoms with Crippen LogP contribution in [-0.2, 0) is 0 Å². The summed E-state index contributed by atoms with van der Waals surface area (Å²) in [4.78, 5) is 0.0419. The van der Waals surface area contributed by atoms with Gasteiger partial charge in [0.2, 0.25) is 0 Å². The van der Waals surface area contributed by atoms with Gasteiger partial charge in [-0.25, -0.2) is 0 Å². The summed E-state index contributed by atoms with van der Waals surface area (Å²) in [6, 6.07) is 3.54. The number of aryl methyl sites for hydroxylation is 1. The number of nitrogens with two attached hydrogens (primary N) is 1. The van der Waals surface area contributed by atoms with Gasteiger partial charge in [-0.3, -0.25) is 0 Å². The molecular weight excluding hydrogens is 200 g/mol. The molecule has 0 aliphatic heterocycles. The minimum Gasteiger partial charge on any atom is -0.389 e. The van der Waals surface area contributed by atoms with Crippen LogP contribution in [0.1, 0.15) is 5.76 Å². The van der Waals surface area contributed by atoms with Gasteiger partial charge in [0.15, 0.2) is 5.82 Å². The molecule has 0 fully saturated rings. The number of anilines is 1. The van der Waals surface area contributed by atoms with Crippen molar-refractivity contribution >= 4 is 23.0 Å². The molecule has 5 nitrogen and oxygen atoms in total. The molecule has 0 saturated heterocycles. The van der Waals surface area contributed by atoms with Gasteiger partial charge in [0, 0.05) is 12.3 Å². The Morgan fingerprint density at radius 3 is 3.00 bits per heavy atom. The highest BCUT2D eigenvalue weighted by molar-refractivity contribution is 7.80. The molecule has 72 valence electrons. The second kappa shape index (κ2) is 4.39. The van der Waals surface area contributed by atoms with Crippen LogP contribution < -0.4 is 11.1 Å². The predicted octanol–water partition coefficient (Wildman–Crippen LogP) is 1.09. The molecule has 0 aliphatic rings. The van der Waals surface area contributed by atoms with E-state index in [1.54, 1.807) is 13.0 Å². The molecule has 0 amide bonds. The van der Waals surface area contributed by atoms with Gasteiger partial charge in [0.05, 0.1) is 0 Å². The second-order valence-corrected chi connectivity index (χ2v) is 2.94. The maximum Gasteiger partial charge on any atom is 0.173 e. The van der Waals surface area contributed by atoms with E-state index in [0.717, 1.165) is 0 Å². The van der Waals surface area contributed by atoms with Gasteiger partial charge in [-0.15, -0.1) is 0 Å². The molecule has 1 rings (SSSR count). The number of rotatable bonds is 3. The fraction of sp³-hybridized carbons (Fsp3) is 0.125. The number of nitriles is 1. The number of hydrogen-bond donors (Lipinski definition) is 2. The Kier molecular flexibility index (Phi) is 3.20. The number of hydrogen-bond acceptors (Lipinski definition) is 5. The highest BCUT2D eigenvalue weighted by Crippen LogP contribution is 2.07. The fourth-order valence-corrected chi connectivity index (χ4v) is 0.844. The number of nitrogens with zero attached hydrogens (tertiary/aromatic N) is 2. The van der Waals surface area contributed by atoms with Crippen LogP contribution in [-0.4, -0.2) is 10.1 Å². The first-order valence-electron chi connectivity index (χ1n) is 3.73. The molecular formula is C8H8N4OS. The summed E-state index contributed by atoms with van der Waals surface area (Å²) < 4.78 is 4.80. The lowest BCUT2D eigenvalue weighted by molar-refractivity contribution is 0.400. The molecule has 14 heavy (non-hydrogen) atoms. The number of nitrogens with one attached hydrogen (secondary N) is 1. The summed E-state index contributed by atoms with van der Waals surface area (Å²) in [5, 5.41) is 15.0. The van der Waals surface area contributed by atoms with Crippen LogP contribution in [0.15, 0.2) is 22.4 Å². The molecule has 0 aliphatic carbocycles. The monoisotopic (exact) mass is 208 g/mol. The van der Waals surface area contributed by atoms with Crippen molar-refractivity contribution in [1.29, 1.82) is 5.26 Å². The predicted molar refractivity (Wildman–Crippen MR) is 55.3 cm³/mol. The minimum atomic E-state index is 0.0419. The van der Waals surface area contributed by atoms with Crippen LogP contribution in [0.3, 0.4) is 0 Å². The van der Waals surface area contributed by atoms with E-state index in [9.17, 15) is 0 Å².